The molecule has 0 radical (unpaired) electrons. The van der Waals surface area contributed by atoms with Crippen LogP contribution in [0, 0.1) is 0 Å². The highest BCUT2D eigenvalue weighted by Gasteiger charge is 2.13. The zero-order valence-corrected chi connectivity index (χ0v) is 17.4. The summed E-state index contributed by atoms with van der Waals surface area (Å²) in [5.41, 5.74) is 0.504. The first-order chi connectivity index (χ1) is 14.6. The van der Waals surface area contributed by atoms with Crippen molar-refractivity contribution in [3.8, 4) is 0 Å². The largest absolute Gasteiger partial charge is 0.460 e. The Hall–Kier alpha value is -2.30. The van der Waals surface area contributed by atoms with Crippen molar-refractivity contribution in [2.45, 2.75) is 4.90 Å². The third-order valence-electron chi connectivity index (χ3n) is 3.71. The molecular formula is C21H26O8S. The average Bonchev–Trinajstić information content (AvgIpc) is 2.78. The van der Waals surface area contributed by atoms with Crippen molar-refractivity contribution in [3.05, 3.63) is 66.2 Å². The molecule has 0 atom stereocenters. The lowest BCUT2D eigenvalue weighted by Crippen LogP contribution is -2.15. The van der Waals surface area contributed by atoms with Gasteiger partial charge in [-0.1, -0.05) is 36.4 Å². The van der Waals surface area contributed by atoms with E-state index in [1.807, 2.05) is 6.07 Å². The van der Waals surface area contributed by atoms with Crippen LogP contribution in [0.15, 0.2) is 65.6 Å². The van der Waals surface area contributed by atoms with Crippen molar-refractivity contribution in [1.29, 1.82) is 0 Å². The number of ether oxygens (including phenoxy) is 4. The highest BCUT2D eigenvalue weighted by atomic mass is 32.2. The Morgan fingerprint density at radius 1 is 0.633 bits per heavy atom. The van der Waals surface area contributed by atoms with Gasteiger partial charge in [0, 0.05) is 0 Å². The Morgan fingerprint density at radius 3 is 1.67 bits per heavy atom. The van der Waals surface area contributed by atoms with Gasteiger partial charge in [0.25, 0.3) is 10.1 Å². The number of hydrogen-bond acceptors (Lipinski definition) is 8. The number of esters is 1. The second kappa shape index (κ2) is 13.8. The van der Waals surface area contributed by atoms with Gasteiger partial charge in [0.2, 0.25) is 0 Å². The zero-order valence-electron chi connectivity index (χ0n) is 16.6. The van der Waals surface area contributed by atoms with E-state index in [1.54, 1.807) is 42.5 Å². The predicted molar refractivity (Wildman–Crippen MR) is 109 cm³/mol. The van der Waals surface area contributed by atoms with Crippen molar-refractivity contribution in [1.82, 2.24) is 0 Å². The van der Waals surface area contributed by atoms with Gasteiger partial charge in [-0.2, -0.15) is 8.42 Å². The molecule has 2 rings (SSSR count). The van der Waals surface area contributed by atoms with Crippen LogP contribution in [-0.2, 0) is 33.2 Å². The Balaban J connectivity index is 1.38. The number of benzene rings is 2. The molecule has 0 spiro atoms. The number of carbonyl (C=O) groups is 1. The first-order valence-corrected chi connectivity index (χ1v) is 10.9. The van der Waals surface area contributed by atoms with Crippen molar-refractivity contribution in [3.63, 3.8) is 0 Å². The zero-order chi connectivity index (χ0) is 21.5. The second-order valence-corrected chi connectivity index (χ2v) is 7.54. The predicted octanol–water partition coefficient (Wildman–Crippen LogP) is 2.30. The molecule has 30 heavy (non-hydrogen) atoms. The second-order valence-electron chi connectivity index (χ2n) is 5.93. The minimum Gasteiger partial charge on any atom is -0.460 e. The van der Waals surface area contributed by atoms with E-state index in [0.29, 0.717) is 32.0 Å². The smallest absolute Gasteiger partial charge is 0.338 e. The molecular weight excluding hydrogens is 412 g/mol. The monoisotopic (exact) mass is 438 g/mol. The molecule has 0 aliphatic rings. The summed E-state index contributed by atoms with van der Waals surface area (Å²) in [5.74, 6) is -0.381. The van der Waals surface area contributed by atoms with Gasteiger partial charge in [-0.15, -0.1) is 0 Å². The number of hydrogen-bond donors (Lipinski definition) is 0. The van der Waals surface area contributed by atoms with Gasteiger partial charge in [0.05, 0.1) is 56.7 Å². The van der Waals surface area contributed by atoms with Crippen molar-refractivity contribution in [2.24, 2.45) is 0 Å². The van der Waals surface area contributed by atoms with Crippen LogP contribution in [0.2, 0.25) is 0 Å². The number of carbonyl (C=O) groups excluding carboxylic acids is 1. The Kier molecular flexibility index (Phi) is 11.1. The SMILES string of the molecule is O=C(OCCOCCOCCOCCOS(=O)(=O)c1ccccc1)c1ccccc1. The van der Waals surface area contributed by atoms with Crippen LogP contribution in [0.25, 0.3) is 0 Å². The van der Waals surface area contributed by atoms with E-state index in [0.717, 1.165) is 0 Å². The minimum absolute atomic E-state index is 0.0674. The van der Waals surface area contributed by atoms with Crippen molar-refractivity contribution < 1.29 is 36.3 Å². The molecule has 0 saturated carbocycles. The molecule has 2 aromatic carbocycles. The van der Waals surface area contributed by atoms with Crippen LogP contribution in [-0.4, -0.2) is 67.2 Å². The number of rotatable bonds is 15. The van der Waals surface area contributed by atoms with Gasteiger partial charge in [0.15, 0.2) is 0 Å². The maximum atomic E-state index is 11.9. The molecule has 0 unspecified atom stereocenters. The van der Waals surface area contributed by atoms with E-state index in [1.165, 1.54) is 12.1 Å². The Bertz CT molecular complexity index is 825. The lowest BCUT2D eigenvalue weighted by Gasteiger charge is -2.08. The van der Waals surface area contributed by atoms with Gasteiger partial charge in [0.1, 0.15) is 6.61 Å². The van der Waals surface area contributed by atoms with Gasteiger partial charge < -0.3 is 18.9 Å². The fourth-order valence-electron chi connectivity index (χ4n) is 2.25. The molecule has 0 saturated heterocycles. The maximum absolute atomic E-state index is 11.9. The molecule has 0 N–H and O–H groups in total. The molecule has 0 amide bonds. The summed E-state index contributed by atoms with van der Waals surface area (Å²) in [5, 5.41) is 0. The van der Waals surface area contributed by atoms with Gasteiger partial charge in [-0.25, -0.2) is 4.79 Å². The topological polar surface area (TPSA) is 97.4 Å². The van der Waals surface area contributed by atoms with E-state index in [2.05, 4.69) is 0 Å². The maximum Gasteiger partial charge on any atom is 0.338 e. The summed E-state index contributed by atoms with van der Waals surface area (Å²) in [6.45, 7) is 1.91. The van der Waals surface area contributed by atoms with Crippen LogP contribution in [0.3, 0.4) is 0 Å². The third kappa shape index (κ3) is 9.47. The van der Waals surface area contributed by atoms with E-state index in [9.17, 15) is 13.2 Å². The Morgan fingerprint density at radius 2 is 1.10 bits per heavy atom. The molecule has 9 heteroatoms. The molecule has 164 valence electrons. The summed E-state index contributed by atoms with van der Waals surface area (Å²) in [7, 11) is -3.75. The van der Waals surface area contributed by atoms with E-state index in [4.69, 9.17) is 23.1 Å². The summed E-state index contributed by atoms with van der Waals surface area (Å²) < 4.78 is 49.6. The van der Waals surface area contributed by atoms with Crippen molar-refractivity contribution in [2.75, 3.05) is 52.9 Å². The molecule has 0 heterocycles. The highest BCUT2D eigenvalue weighted by Crippen LogP contribution is 2.10. The van der Waals surface area contributed by atoms with E-state index < -0.39 is 10.1 Å². The van der Waals surface area contributed by atoms with Crippen LogP contribution >= 0.6 is 0 Å². The molecule has 0 aromatic heterocycles. The van der Waals surface area contributed by atoms with E-state index >= 15 is 0 Å². The van der Waals surface area contributed by atoms with E-state index in [-0.39, 0.29) is 37.3 Å². The minimum atomic E-state index is -3.75. The summed E-state index contributed by atoms with van der Waals surface area (Å²) >= 11 is 0. The van der Waals surface area contributed by atoms with Crippen molar-refractivity contribution >= 4 is 16.1 Å². The summed E-state index contributed by atoms with van der Waals surface area (Å²) in [6.07, 6.45) is 0. The lowest BCUT2D eigenvalue weighted by molar-refractivity contribution is -0.00201. The lowest BCUT2D eigenvalue weighted by atomic mass is 10.2. The molecule has 0 aliphatic heterocycles. The van der Waals surface area contributed by atoms with Gasteiger partial charge >= 0.3 is 5.97 Å². The summed E-state index contributed by atoms with van der Waals surface area (Å²) in [4.78, 5) is 11.8. The fraction of sp³-hybridized carbons (Fsp3) is 0.381. The highest BCUT2D eigenvalue weighted by molar-refractivity contribution is 7.86. The van der Waals surface area contributed by atoms with Crippen LogP contribution < -0.4 is 0 Å². The normalized spacial score (nSPS) is 11.3. The average molecular weight is 438 g/mol. The summed E-state index contributed by atoms with van der Waals surface area (Å²) in [6, 6.07) is 16.7. The molecule has 8 nitrogen and oxygen atoms in total. The fourth-order valence-corrected chi connectivity index (χ4v) is 3.16. The standard InChI is InChI=1S/C21H26O8S/c22-21(19-7-3-1-4-8-19)28-17-15-26-13-11-25-12-14-27-16-18-29-30(23,24)20-9-5-2-6-10-20/h1-10H,11-18H2. The van der Waals surface area contributed by atoms with Gasteiger partial charge in [-0.3, -0.25) is 4.18 Å². The first kappa shape index (κ1) is 24.0. The molecule has 0 aliphatic carbocycles. The van der Waals surface area contributed by atoms with Crippen LogP contribution in [0.4, 0.5) is 0 Å². The van der Waals surface area contributed by atoms with Crippen LogP contribution in [0.5, 0.6) is 0 Å². The van der Waals surface area contributed by atoms with Gasteiger partial charge in [-0.05, 0) is 24.3 Å². The molecule has 0 fully saturated rings. The Labute approximate surface area is 176 Å². The third-order valence-corrected chi connectivity index (χ3v) is 5.04. The molecule has 0 bridgehead atoms. The molecule has 2 aromatic rings. The van der Waals surface area contributed by atoms with Crippen LogP contribution in [0.1, 0.15) is 10.4 Å². The first-order valence-electron chi connectivity index (χ1n) is 9.49. The quantitative estimate of drug-likeness (QED) is 0.237.